The second-order valence-electron chi connectivity index (χ2n) is 5.64. The van der Waals surface area contributed by atoms with Crippen molar-refractivity contribution in [3.63, 3.8) is 0 Å². The van der Waals surface area contributed by atoms with Gasteiger partial charge in [-0.2, -0.15) is 0 Å². The van der Waals surface area contributed by atoms with Gasteiger partial charge < -0.3 is 5.73 Å². The Morgan fingerprint density at radius 2 is 1.88 bits per heavy atom. The first kappa shape index (κ1) is 13.0. The molecule has 3 atom stereocenters. The SMILES string of the molecule is CC1CC(C)CC(C(N)c2cncc(Br)c2)C1. The van der Waals surface area contributed by atoms with Crippen LogP contribution in [0.1, 0.15) is 44.7 Å². The third-order valence-electron chi connectivity index (χ3n) is 3.83. The maximum Gasteiger partial charge on any atom is 0.0410 e. The lowest BCUT2D eigenvalue weighted by Crippen LogP contribution is -2.29. The summed E-state index contributed by atoms with van der Waals surface area (Å²) in [7, 11) is 0. The number of nitrogens with zero attached hydrogens (tertiary/aromatic N) is 1. The van der Waals surface area contributed by atoms with E-state index < -0.39 is 0 Å². The topological polar surface area (TPSA) is 38.9 Å². The standard InChI is InChI=1S/C14H21BrN2/c1-9-3-10(2)5-11(4-9)14(16)12-6-13(15)8-17-7-12/h6-11,14H,3-5,16H2,1-2H3. The number of hydrogen-bond donors (Lipinski definition) is 1. The molecule has 2 rings (SSSR count). The summed E-state index contributed by atoms with van der Waals surface area (Å²) in [6, 6.07) is 2.23. The zero-order valence-electron chi connectivity index (χ0n) is 10.6. The van der Waals surface area contributed by atoms with Gasteiger partial charge in [0.05, 0.1) is 0 Å². The molecule has 2 N–H and O–H groups in total. The van der Waals surface area contributed by atoms with Gasteiger partial charge in [-0.05, 0) is 64.6 Å². The van der Waals surface area contributed by atoms with E-state index in [9.17, 15) is 0 Å². The maximum absolute atomic E-state index is 6.40. The van der Waals surface area contributed by atoms with E-state index in [1.165, 1.54) is 19.3 Å². The van der Waals surface area contributed by atoms with Gasteiger partial charge in [0.1, 0.15) is 0 Å². The Morgan fingerprint density at radius 1 is 1.24 bits per heavy atom. The summed E-state index contributed by atoms with van der Waals surface area (Å²) in [4.78, 5) is 4.21. The number of pyridine rings is 1. The lowest BCUT2D eigenvalue weighted by molar-refractivity contribution is 0.193. The van der Waals surface area contributed by atoms with E-state index in [1.54, 1.807) is 0 Å². The van der Waals surface area contributed by atoms with Crippen molar-refractivity contribution in [2.75, 3.05) is 0 Å². The van der Waals surface area contributed by atoms with Crippen molar-refractivity contribution in [1.82, 2.24) is 4.98 Å². The van der Waals surface area contributed by atoms with Crippen LogP contribution in [0, 0.1) is 17.8 Å². The largest absolute Gasteiger partial charge is 0.324 e. The third kappa shape index (κ3) is 3.29. The second kappa shape index (κ2) is 5.49. The van der Waals surface area contributed by atoms with Crippen molar-refractivity contribution in [2.45, 2.75) is 39.2 Å². The highest BCUT2D eigenvalue weighted by Gasteiger charge is 2.29. The zero-order chi connectivity index (χ0) is 12.4. The van der Waals surface area contributed by atoms with Crippen LogP contribution in [0.15, 0.2) is 22.9 Å². The Kier molecular flexibility index (Phi) is 4.21. The molecule has 3 heteroatoms. The van der Waals surface area contributed by atoms with Gasteiger partial charge in [0, 0.05) is 22.9 Å². The highest BCUT2D eigenvalue weighted by atomic mass is 79.9. The Balaban J connectivity index is 2.11. The summed E-state index contributed by atoms with van der Waals surface area (Å²) in [6.45, 7) is 4.68. The monoisotopic (exact) mass is 296 g/mol. The summed E-state index contributed by atoms with van der Waals surface area (Å²) in [5, 5.41) is 0. The van der Waals surface area contributed by atoms with Gasteiger partial charge in [-0.25, -0.2) is 0 Å². The molecule has 2 nitrogen and oxygen atoms in total. The Bertz CT molecular complexity index is 370. The molecule has 94 valence electrons. The number of hydrogen-bond acceptors (Lipinski definition) is 2. The predicted molar refractivity (Wildman–Crippen MR) is 74.5 cm³/mol. The molecule has 0 spiro atoms. The molecule has 0 radical (unpaired) electrons. The van der Waals surface area contributed by atoms with Gasteiger partial charge in [-0.3, -0.25) is 4.98 Å². The van der Waals surface area contributed by atoms with Gasteiger partial charge in [0.25, 0.3) is 0 Å². The van der Waals surface area contributed by atoms with Crippen LogP contribution in [-0.2, 0) is 0 Å². The number of halogens is 1. The average Bonchev–Trinajstić information content (AvgIpc) is 2.26. The molecule has 1 aliphatic carbocycles. The molecule has 0 aromatic carbocycles. The number of rotatable bonds is 2. The fourth-order valence-corrected chi connectivity index (χ4v) is 3.57. The molecular formula is C14H21BrN2. The number of nitrogens with two attached hydrogens (primary N) is 1. The van der Waals surface area contributed by atoms with Crippen molar-refractivity contribution in [3.8, 4) is 0 Å². The Labute approximate surface area is 112 Å². The molecule has 1 fully saturated rings. The lowest BCUT2D eigenvalue weighted by Gasteiger charge is -2.35. The van der Waals surface area contributed by atoms with Crippen LogP contribution in [-0.4, -0.2) is 4.98 Å². The van der Waals surface area contributed by atoms with Gasteiger partial charge in [0.2, 0.25) is 0 Å². The molecule has 1 heterocycles. The van der Waals surface area contributed by atoms with Crippen molar-refractivity contribution in [1.29, 1.82) is 0 Å². The van der Waals surface area contributed by atoms with Crippen LogP contribution >= 0.6 is 15.9 Å². The van der Waals surface area contributed by atoms with E-state index in [-0.39, 0.29) is 6.04 Å². The van der Waals surface area contributed by atoms with Crippen LogP contribution in [0.25, 0.3) is 0 Å². The molecule has 0 aliphatic heterocycles. The maximum atomic E-state index is 6.40. The molecule has 1 aromatic heterocycles. The van der Waals surface area contributed by atoms with Crippen molar-refractivity contribution in [2.24, 2.45) is 23.5 Å². The normalized spacial score (nSPS) is 31.2. The minimum absolute atomic E-state index is 0.130. The van der Waals surface area contributed by atoms with E-state index in [0.717, 1.165) is 21.9 Å². The second-order valence-corrected chi connectivity index (χ2v) is 6.56. The van der Waals surface area contributed by atoms with Crippen molar-refractivity contribution >= 4 is 15.9 Å². The van der Waals surface area contributed by atoms with Gasteiger partial charge in [-0.15, -0.1) is 0 Å². The summed E-state index contributed by atoms with van der Waals surface area (Å²) < 4.78 is 1.02. The van der Waals surface area contributed by atoms with E-state index in [0.29, 0.717) is 5.92 Å². The summed E-state index contributed by atoms with van der Waals surface area (Å²) in [5.74, 6) is 2.20. The van der Waals surface area contributed by atoms with Gasteiger partial charge >= 0.3 is 0 Å². The van der Waals surface area contributed by atoms with E-state index in [4.69, 9.17) is 5.73 Å². The highest BCUT2D eigenvalue weighted by molar-refractivity contribution is 9.10. The smallest absolute Gasteiger partial charge is 0.0410 e. The van der Waals surface area contributed by atoms with Gasteiger partial charge in [0.15, 0.2) is 0 Å². The predicted octanol–water partition coefficient (Wildman–Crippen LogP) is 3.92. The molecule has 1 saturated carbocycles. The minimum atomic E-state index is 0.130. The summed E-state index contributed by atoms with van der Waals surface area (Å²) in [5.41, 5.74) is 7.56. The molecule has 3 unspecified atom stereocenters. The molecule has 17 heavy (non-hydrogen) atoms. The minimum Gasteiger partial charge on any atom is -0.324 e. The zero-order valence-corrected chi connectivity index (χ0v) is 12.2. The van der Waals surface area contributed by atoms with E-state index in [1.807, 2.05) is 12.4 Å². The van der Waals surface area contributed by atoms with E-state index in [2.05, 4.69) is 40.8 Å². The lowest BCUT2D eigenvalue weighted by atomic mass is 9.73. The summed E-state index contributed by atoms with van der Waals surface area (Å²) in [6.07, 6.45) is 7.55. The van der Waals surface area contributed by atoms with Gasteiger partial charge in [-0.1, -0.05) is 13.8 Å². The third-order valence-corrected chi connectivity index (χ3v) is 4.27. The fourth-order valence-electron chi connectivity index (χ4n) is 3.19. The molecule has 1 aliphatic rings. The quantitative estimate of drug-likeness (QED) is 0.898. The van der Waals surface area contributed by atoms with Crippen LogP contribution in [0.5, 0.6) is 0 Å². The molecule has 1 aromatic rings. The first-order valence-corrected chi connectivity index (χ1v) is 7.21. The van der Waals surface area contributed by atoms with E-state index >= 15 is 0 Å². The highest BCUT2D eigenvalue weighted by Crippen LogP contribution is 2.38. The Morgan fingerprint density at radius 3 is 2.47 bits per heavy atom. The summed E-state index contributed by atoms with van der Waals surface area (Å²) >= 11 is 3.46. The van der Waals surface area contributed by atoms with Crippen LogP contribution in [0.4, 0.5) is 0 Å². The first-order chi connectivity index (χ1) is 8.06. The molecule has 0 amide bonds. The molecular weight excluding hydrogens is 276 g/mol. The molecule has 0 saturated heterocycles. The first-order valence-electron chi connectivity index (χ1n) is 6.42. The van der Waals surface area contributed by atoms with Crippen molar-refractivity contribution < 1.29 is 0 Å². The number of aromatic nitrogens is 1. The van der Waals surface area contributed by atoms with Crippen LogP contribution in [0.3, 0.4) is 0 Å². The average molecular weight is 297 g/mol. The fraction of sp³-hybridized carbons (Fsp3) is 0.643. The molecule has 0 bridgehead atoms. The van der Waals surface area contributed by atoms with Crippen LogP contribution < -0.4 is 5.73 Å². The Hall–Kier alpha value is -0.410. The van der Waals surface area contributed by atoms with Crippen LogP contribution in [0.2, 0.25) is 0 Å². The van der Waals surface area contributed by atoms with Crippen molar-refractivity contribution in [3.05, 3.63) is 28.5 Å².